The number of rotatable bonds is 1. The molecule has 0 atom stereocenters. The van der Waals surface area contributed by atoms with Crippen molar-refractivity contribution >= 4 is 38.4 Å². The lowest BCUT2D eigenvalue weighted by Gasteiger charge is -1.94. The van der Waals surface area contributed by atoms with Crippen molar-refractivity contribution in [3.63, 3.8) is 0 Å². The summed E-state index contributed by atoms with van der Waals surface area (Å²) in [5.74, 6) is 0. The number of fused-ring (bicyclic) bond motifs is 1. The van der Waals surface area contributed by atoms with Gasteiger partial charge in [-0.2, -0.15) is 0 Å². The number of benzene rings is 1. The molecule has 0 saturated carbocycles. The maximum absolute atomic E-state index is 6.08. The standard InChI is InChI=1S/C10H9BrClN/c1-2-7-5-8-9(12)3-6(11)4-10(8)13-7/h3-5,13H,2H2,1H3. The van der Waals surface area contributed by atoms with E-state index in [4.69, 9.17) is 11.6 Å². The molecule has 0 spiro atoms. The number of aromatic amines is 1. The van der Waals surface area contributed by atoms with Crippen LogP contribution in [0, 0.1) is 0 Å². The largest absolute Gasteiger partial charge is 0.358 e. The van der Waals surface area contributed by atoms with Crippen LogP contribution in [0.15, 0.2) is 22.7 Å². The first kappa shape index (κ1) is 9.10. The van der Waals surface area contributed by atoms with Crippen molar-refractivity contribution in [2.75, 3.05) is 0 Å². The maximum Gasteiger partial charge on any atom is 0.0511 e. The van der Waals surface area contributed by atoms with Crippen molar-refractivity contribution in [3.8, 4) is 0 Å². The molecule has 2 aromatic rings. The highest BCUT2D eigenvalue weighted by atomic mass is 79.9. The smallest absolute Gasteiger partial charge is 0.0511 e. The van der Waals surface area contributed by atoms with Gasteiger partial charge in [0.2, 0.25) is 0 Å². The molecule has 1 aromatic heterocycles. The molecule has 0 aliphatic carbocycles. The lowest BCUT2D eigenvalue weighted by Crippen LogP contribution is -1.75. The molecule has 0 radical (unpaired) electrons. The van der Waals surface area contributed by atoms with Gasteiger partial charge in [-0.05, 0) is 24.6 Å². The zero-order valence-corrected chi connectivity index (χ0v) is 9.54. The minimum atomic E-state index is 0.792. The Bertz CT molecular complexity index is 447. The first-order valence-electron chi connectivity index (χ1n) is 4.17. The Morgan fingerprint density at radius 2 is 2.15 bits per heavy atom. The highest BCUT2D eigenvalue weighted by Crippen LogP contribution is 2.28. The molecule has 0 fully saturated rings. The summed E-state index contributed by atoms with van der Waals surface area (Å²) in [5.41, 5.74) is 2.31. The zero-order chi connectivity index (χ0) is 9.42. The molecular weight excluding hydrogens is 249 g/mol. The number of halogens is 2. The Morgan fingerprint density at radius 3 is 2.85 bits per heavy atom. The highest BCUT2D eigenvalue weighted by molar-refractivity contribution is 9.10. The summed E-state index contributed by atoms with van der Waals surface area (Å²) < 4.78 is 1.01. The van der Waals surface area contributed by atoms with E-state index in [0.29, 0.717) is 0 Å². The van der Waals surface area contributed by atoms with Crippen LogP contribution >= 0.6 is 27.5 Å². The van der Waals surface area contributed by atoms with Crippen molar-refractivity contribution in [1.82, 2.24) is 4.98 Å². The second-order valence-electron chi connectivity index (χ2n) is 3.00. The van der Waals surface area contributed by atoms with Gasteiger partial charge in [-0.25, -0.2) is 0 Å². The molecule has 1 N–H and O–H groups in total. The van der Waals surface area contributed by atoms with Crippen molar-refractivity contribution in [1.29, 1.82) is 0 Å². The van der Waals surface area contributed by atoms with Crippen LogP contribution in [0.5, 0.6) is 0 Å². The van der Waals surface area contributed by atoms with E-state index in [9.17, 15) is 0 Å². The van der Waals surface area contributed by atoms with Gasteiger partial charge in [-0.15, -0.1) is 0 Å². The van der Waals surface area contributed by atoms with Crippen molar-refractivity contribution < 1.29 is 0 Å². The van der Waals surface area contributed by atoms with Crippen LogP contribution in [0.3, 0.4) is 0 Å². The molecule has 0 bridgehead atoms. The summed E-state index contributed by atoms with van der Waals surface area (Å²) in [4.78, 5) is 3.31. The first-order valence-corrected chi connectivity index (χ1v) is 5.34. The van der Waals surface area contributed by atoms with Gasteiger partial charge >= 0.3 is 0 Å². The van der Waals surface area contributed by atoms with Crippen molar-refractivity contribution in [2.45, 2.75) is 13.3 Å². The van der Waals surface area contributed by atoms with E-state index in [1.807, 2.05) is 12.1 Å². The molecule has 1 nitrogen and oxygen atoms in total. The molecule has 0 amide bonds. The van der Waals surface area contributed by atoms with Gasteiger partial charge in [0.25, 0.3) is 0 Å². The maximum atomic E-state index is 6.08. The molecule has 1 aromatic carbocycles. The van der Waals surface area contributed by atoms with E-state index < -0.39 is 0 Å². The van der Waals surface area contributed by atoms with Gasteiger partial charge in [-0.3, -0.25) is 0 Å². The molecule has 0 aliphatic heterocycles. The lowest BCUT2D eigenvalue weighted by atomic mass is 10.2. The Kier molecular flexibility index (Phi) is 2.35. The Morgan fingerprint density at radius 1 is 1.38 bits per heavy atom. The fourth-order valence-electron chi connectivity index (χ4n) is 1.41. The van der Waals surface area contributed by atoms with E-state index in [2.05, 4.69) is 33.9 Å². The third-order valence-electron chi connectivity index (χ3n) is 2.09. The van der Waals surface area contributed by atoms with Gasteiger partial charge in [0.1, 0.15) is 0 Å². The van der Waals surface area contributed by atoms with Gasteiger partial charge in [0.15, 0.2) is 0 Å². The summed E-state index contributed by atoms with van der Waals surface area (Å²) in [6, 6.07) is 6.06. The van der Waals surface area contributed by atoms with E-state index >= 15 is 0 Å². The van der Waals surface area contributed by atoms with Crippen molar-refractivity contribution in [3.05, 3.63) is 33.4 Å². The van der Waals surface area contributed by atoms with Gasteiger partial charge in [-0.1, -0.05) is 34.5 Å². The predicted molar refractivity (Wildman–Crippen MR) is 60.4 cm³/mol. The number of aromatic nitrogens is 1. The van der Waals surface area contributed by atoms with E-state index in [1.165, 1.54) is 5.69 Å². The molecule has 0 saturated heterocycles. The normalized spacial score (nSPS) is 11.0. The quantitative estimate of drug-likeness (QED) is 0.791. The number of aryl methyl sites for hydroxylation is 1. The van der Waals surface area contributed by atoms with Crippen LogP contribution in [0.4, 0.5) is 0 Å². The number of hydrogen-bond donors (Lipinski definition) is 1. The molecule has 68 valence electrons. The van der Waals surface area contributed by atoms with Crippen LogP contribution < -0.4 is 0 Å². The molecule has 1 heterocycles. The number of hydrogen-bond acceptors (Lipinski definition) is 0. The first-order chi connectivity index (χ1) is 6.20. The Hall–Kier alpha value is -0.470. The van der Waals surface area contributed by atoms with E-state index in [0.717, 1.165) is 26.8 Å². The SMILES string of the molecule is CCc1cc2c(Cl)cc(Br)cc2[nH]1. The minimum Gasteiger partial charge on any atom is -0.358 e. The fraction of sp³-hybridized carbons (Fsp3) is 0.200. The van der Waals surface area contributed by atoms with Crippen LogP contribution in [0.2, 0.25) is 5.02 Å². The fourth-order valence-corrected chi connectivity index (χ4v) is 2.27. The van der Waals surface area contributed by atoms with Crippen LogP contribution in [0.25, 0.3) is 10.9 Å². The van der Waals surface area contributed by atoms with Crippen LogP contribution in [-0.4, -0.2) is 4.98 Å². The summed E-state index contributed by atoms with van der Waals surface area (Å²) >= 11 is 9.49. The summed E-state index contributed by atoms with van der Waals surface area (Å²) in [7, 11) is 0. The summed E-state index contributed by atoms with van der Waals surface area (Å²) in [6.45, 7) is 2.12. The topological polar surface area (TPSA) is 15.8 Å². The van der Waals surface area contributed by atoms with Gasteiger partial charge in [0, 0.05) is 21.1 Å². The van der Waals surface area contributed by atoms with E-state index in [1.54, 1.807) is 0 Å². The van der Waals surface area contributed by atoms with Gasteiger partial charge < -0.3 is 4.98 Å². The predicted octanol–water partition coefficient (Wildman–Crippen LogP) is 4.15. The second kappa shape index (κ2) is 3.35. The molecular formula is C10H9BrClN. The average molecular weight is 259 g/mol. The Balaban J connectivity index is 2.75. The minimum absolute atomic E-state index is 0.792. The molecule has 2 rings (SSSR count). The zero-order valence-electron chi connectivity index (χ0n) is 7.20. The molecule has 0 aliphatic rings. The van der Waals surface area contributed by atoms with Crippen LogP contribution in [0.1, 0.15) is 12.6 Å². The number of H-pyrrole nitrogens is 1. The summed E-state index contributed by atoms with van der Waals surface area (Å²) in [6.07, 6.45) is 1.00. The van der Waals surface area contributed by atoms with Gasteiger partial charge in [0.05, 0.1) is 5.02 Å². The van der Waals surface area contributed by atoms with E-state index in [-0.39, 0.29) is 0 Å². The molecule has 0 unspecified atom stereocenters. The second-order valence-corrected chi connectivity index (χ2v) is 4.32. The highest BCUT2D eigenvalue weighted by Gasteiger charge is 2.04. The Labute approximate surface area is 90.2 Å². The molecule has 3 heteroatoms. The third-order valence-corrected chi connectivity index (χ3v) is 2.86. The summed E-state index contributed by atoms with van der Waals surface area (Å²) in [5, 5.41) is 1.89. The van der Waals surface area contributed by atoms with Crippen LogP contribution in [-0.2, 0) is 6.42 Å². The van der Waals surface area contributed by atoms with Crippen molar-refractivity contribution in [2.24, 2.45) is 0 Å². The third kappa shape index (κ3) is 1.61. The molecule has 13 heavy (non-hydrogen) atoms. The monoisotopic (exact) mass is 257 g/mol. The number of nitrogens with one attached hydrogen (secondary N) is 1. The lowest BCUT2D eigenvalue weighted by molar-refractivity contribution is 1.07. The average Bonchev–Trinajstić information content (AvgIpc) is 2.47.